The molecule has 0 saturated carbocycles. The Labute approximate surface area is 106 Å². The van der Waals surface area contributed by atoms with Crippen LogP contribution in [0.25, 0.3) is 11.3 Å². The molecular weight excluding hydrogens is 228 g/mol. The molecule has 1 atom stereocenters. The number of aromatic nitrogens is 2. The number of aromatic amines is 1. The Balaban J connectivity index is 1.78. The maximum atomic E-state index is 5.53. The van der Waals surface area contributed by atoms with E-state index in [-0.39, 0.29) is 0 Å². The highest BCUT2D eigenvalue weighted by Crippen LogP contribution is 2.26. The molecule has 0 bridgehead atoms. The molecule has 18 heavy (non-hydrogen) atoms. The van der Waals surface area contributed by atoms with Gasteiger partial charge in [-0.05, 0) is 32.9 Å². The fourth-order valence-electron chi connectivity index (χ4n) is 2.42. The molecule has 1 saturated heterocycles. The second-order valence-corrected chi connectivity index (χ2v) is 4.83. The summed E-state index contributed by atoms with van der Waals surface area (Å²) in [5.74, 6) is 2.74. The Bertz CT molecular complexity index is 537. The predicted octanol–water partition coefficient (Wildman–Crippen LogP) is 2.06. The van der Waals surface area contributed by atoms with E-state index in [1.54, 1.807) is 0 Å². The van der Waals surface area contributed by atoms with Gasteiger partial charge in [0.15, 0.2) is 0 Å². The molecule has 1 unspecified atom stereocenters. The zero-order valence-corrected chi connectivity index (χ0v) is 10.7. The molecular formula is C13H18N4O. The van der Waals surface area contributed by atoms with Crippen molar-refractivity contribution in [2.45, 2.75) is 26.3 Å². The first-order chi connectivity index (χ1) is 8.72. The molecule has 0 aromatic carbocycles. The van der Waals surface area contributed by atoms with E-state index in [1.807, 2.05) is 26.0 Å². The second-order valence-electron chi connectivity index (χ2n) is 4.83. The van der Waals surface area contributed by atoms with Crippen molar-refractivity contribution in [2.75, 3.05) is 18.4 Å². The van der Waals surface area contributed by atoms with Gasteiger partial charge >= 0.3 is 0 Å². The molecule has 3 N–H and O–H groups in total. The largest absolute Gasteiger partial charge is 0.466 e. The average molecular weight is 246 g/mol. The summed E-state index contributed by atoms with van der Waals surface area (Å²) in [6.45, 7) is 6.01. The molecule has 5 nitrogen and oxygen atoms in total. The van der Waals surface area contributed by atoms with Crippen LogP contribution in [0.5, 0.6) is 0 Å². The van der Waals surface area contributed by atoms with E-state index in [1.165, 1.54) is 0 Å². The Morgan fingerprint density at radius 2 is 2.28 bits per heavy atom. The number of aryl methyl sites for hydroxylation is 2. The lowest BCUT2D eigenvalue weighted by atomic mass is 10.2. The smallest absolute Gasteiger partial charge is 0.148 e. The summed E-state index contributed by atoms with van der Waals surface area (Å²) in [4.78, 5) is 0. The minimum absolute atomic E-state index is 0.480. The number of hydrogen-bond acceptors (Lipinski definition) is 4. The van der Waals surface area contributed by atoms with Crippen LogP contribution in [0.3, 0.4) is 0 Å². The van der Waals surface area contributed by atoms with E-state index in [0.29, 0.717) is 6.04 Å². The Morgan fingerprint density at radius 3 is 2.94 bits per heavy atom. The van der Waals surface area contributed by atoms with E-state index < -0.39 is 0 Å². The van der Waals surface area contributed by atoms with Crippen LogP contribution in [0.4, 0.5) is 5.82 Å². The fourth-order valence-corrected chi connectivity index (χ4v) is 2.42. The highest BCUT2D eigenvalue weighted by atomic mass is 16.3. The van der Waals surface area contributed by atoms with Crippen LogP contribution in [0, 0.1) is 13.8 Å². The molecule has 3 rings (SSSR count). The maximum absolute atomic E-state index is 5.53. The van der Waals surface area contributed by atoms with Crippen molar-refractivity contribution in [1.29, 1.82) is 0 Å². The maximum Gasteiger partial charge on any atom is 0.148 e. The van der Waals surface area contributed by atoms with Gasteiger partial charge in [0.25, 0.3) is 0 Å². The van der Waals surface area contributed by atoms with Crippen molar-refractivity contribution in [2.24, 2.45) is 0 Å². The number of rotatable bonds is 3. The molecule has 5 heteroatoms. The third-order valence-corrected chi connectivity index (χ3v) is 3.32. The van der Waals surface area contributed by atoms with E-state index in [2.05, 4.69) is 20.8 Å². The van der Waals surface area contributed by atoms with Crippen molar-refractivity contribution in [1.82, 2.24) is 15.5 Å². The number of anilines is 1. The summed E-state index contributed by atoms with van der Waals surface area (Å²) in [5, 5.41) is 14.1. The lowest BCUT2D eigenvalue weighted by molar-refractivity contribution is 0.505. The predicted molar refractivity (Wildman–Crippen MR) is 70.7 cm³/mol. The summed E-state index contributed by atoms with van der Waals surface area (Å²) < 4.78 is 5.53. The zero-order valence-electron chi connectivity index (χ0n) is 10.7. The van der Waals surface area contributed by atoms with Gasteiger partial charge in [-0.1, -0.05) is 0 Å². The number of nitrogens with zero attached hydrogens (tertiary/aromatic N) is 1. The van der Waals surface area contributed by atoms with Crippen LogP contribution >= 0.6 is 0 Å². The van der Waals surface area contributed by atoms with Crippen LogP contribution in [0.2, 0.25) is 0 Å². The van der Waals surface area contributed by atoms with Gasteiger partial charge in [0.05, 0.1) is 5.69 Å². The van der Waals surface area contributed by atoms with Crippen LogP contribution < -0.4 is 10.6 Å². The van der Waals surface area contributed by atoms with Gasteiger partial charge in [-0.25, -0.2) is 0 Å². The van der Waals surface area contributed by atoms with E-state index >= 15 is 0 Å². The zero-order chi connectivity index (χ0) is 12.5. The first-order valence-electron chi connectivity index (χ1n) is 6.32. The van der Waals surface area contributed by atoms with Crippen LogP contribution in [-0.2, 0) is 0 Å². The van der Waals surface area contributed by atoms with E-state index in [9.17, 15) is 0 Å². The standard InChI is InChI=1S/C13H18N4O/c1-8-5-11(9(2)18-8)12-6-13(17-16-12)15-10-3-4-14-7-10/h5-6,10,14H,3-4,7H2,1-2H3,(H2,15,16,17). The van der Waals surface area contributed by atoms with Gasteiger partial charge in [0, 0.05) is 24.2 Å². The van der Waals surface area contributed by atoms with Crippen molar-refractivity contribution in [3.05, 3.63) is 23.7 Å². The van der Waals surface area contributed by atoms with Gasteiger partial charge in [-0.15, -0.1) is 0 Å². The van der Waals surface area contributed by atoms with Gasteiger partial charge in [-0.2, -0.15) is 5.10 Å². The van der Waals surface area contributed by atoms with E-state index in [4.69, 9.17) is 4.42 Å². The number of hydrogen-bond donors (Lipinski definition) is 3. The normalized spacial score (nSPS) is 19.3. The molecule has 1 aliphatic heterocycles. The Kier molecular flexibility index (Phi) is 2.83. The molecule has 3 heterocycles. The second kappa shape index (κ2) is 4.49. The third kappa shape index (κ3) is 2.13. The third-order valence-electron chi connectivity index (χ3n) is 3.32. The minimum atomic E-state index is 0.480. The molecule has 96 valence electrons. The molecule has 0 radical (unpaired) electrons. The van der Waals surface area contributed by atoms with E-state index in [0.717, 1.165) is 48.1 Å². The minimum Gasteiger partial charge on any atom is -0.466 e. The SMILES string of the molecule is Cc1cc(-c2cc(NC3CCNC3)n[nH]2)c(C)o1. The fraction of sp³-hybridized carbons (Fsp3) is 0.462. The van der Waals surface area contributed by atoms with Gasteiger partial charge in [0.1, 0.15) is 17.3 Å². The Morgan fingerprint density at radius 1 is 1.39 bits per heavy atom. The molecule has 2 aromatic rings. The van der Waals surface area contributed by atoms with Crippen molar-refractivity contribution < 1.29 is 4.42 Å². The summed E-state index contributed by atoms with van der Waals surface area (Å²) in [5.41, 5.74) is 2.08. The first kappa shape index (κ1) is 11.3. The molecule has 0 spiro atoms. The summed E-state index contributed by atoms with van der Waals surface area (Å²) in [6.07, 6.45) is 1.14. The Hall–Kier alpha value is -1.75. The molecule has 0 amide bonds. The number of H-pyrrole nitrogens is 1. The summed E-state index contributed by atoms with van der Waals surface area (Å²) in [6, 6.07) is 4.55. The van der Waals surface area contributed by atoms with Crippen LogP contribution in [0.15, 0.2) is 16.5 Å². The van der Waals surface area contributed by atoms with Gasteiger partial charge in [-0.3, -0.25) is 5.10 Å². The number of furan rings is 1. The monoisotopic (exact) mass is 246 g/mol. The highest BCUT2D eigenvalue weighted by molar-refractivity contribution is 5.65. The molecule has 0 aliphatic carbocycles. The van der Waals surface area contributed by atoms with Gasteiger partial charge < -0.3 is 15.1 Å². The highest BCUT2D eigenvalue weighted by Gasteiger charge is 2.16. The quantitative estimate of drug-likeness (QED) is 0.775. The van der Waals surface area contributed by atoms with Crippen molar-refractivity contribution >= 4 is 5.82 Å². The molecule has 2 aromatic heterocycles. The topological polar surface area (TPSA) is 65.9 Å². The molecule has 1 fully saturated rings. The summed E-state index contributed by atoms with van der Waals surface area (Å²) in [7, 11) is 0. The van der Waals surface area contributed by atoms with Crippen LogP contribution in [0.1, 0.15) is 17.9 Å². The van der Waals surface area contributed by atoms with Crippen molar-refractivity contribution in [3.63, 3.8) is 0 Å². The van der Waals surface area contributed by atoms with Gasteiger partial charge in [0.2, 0.25) is 0 Å². The first-order valence-corrected chi connectivity index (χ1v) is 6.32. The summed E-state index contributed by atoms with van der Waals surface area (Å²) >= 11 is 0. The molecule has 1 aliphatic rings. The van der Waals surface area contributed by atoms with Crippen molar-refractivity contribution in [3.8, 4) is 11.3 Å². The average Bonchev–Trinajstić information content (AvgIpc) is 3.01. The number of nitrogens with one attached hydrogen (secondary N) is 3. The van der Waals surface area contributed by atoms with Crippen LogP contribution in [-0.4, -0.2) is 29.3 Å². The lowest BCUT2D eigenvalue weighted by Crippen LogP contribution is -2.22. The lowest BCUT2D eigenvalue weighted by Gasteiger charge is -2.08.